The maximum absolute atomic E-state index is 11.1. The van der Waals surface area contributed by atoms with Crippen LogP contribution < -0.4 is 11.3 Å². The van der Waals surface area contributed by atoms with E-state index in [0.717, 1.165) is 5.69 Å². The molecular weight excluding hydrogens is 190 g/mol. The third kappa shape index (κ3) is 1.85. The van der Waals surface area contributed by atoms with E-state index in [0.29, 0.717) is 5.01 Å². The molecule has 0 radical (unpaired) electrons. The number of hydrogen-bond acceptors (Lipinski definition) is 5. The van der Waals surface area contributed by atoms with Gasteiger partial charge in [0.25, 0.3) is 5.91 Å². The van der Waals surface area contributed by atoms with E-state index in [1.807, 2.05) is 5.43 Å². The molecule has 1 unspecified atom stereocenters. The fourth-order valence-corrected chi connectivity index (χ4v) is 1.67. The molecule has 1 aromatic rings. The number of nitrogens with one attached hydrogen (secondary N) is 1. The van der Waals surface area contributed by atoms with Crippen molar-refractivity contribution in [3.05, 3.63) is 16.1 Å². The Morgan fingerprint density at radius 2 is 2.46 bits per heavy atom. The summed E-state index contributed by atoms with van der Waals surface area (Å²) < 4.78 is 0. The van der Waals surface area contributed by atoms with Crippen molar-refractivity contribution in [3.8, 4) is 0 Å². The molecule has 0 aliphatic carbocycles. The summed E-state index contributed by atoms with van der Waals surface area (Å²) in [6.07, 6.45) is 0. The number of rotatable bonds is 2. The van der Waals surface area contributed by atoms with Crippen molar-refractivity contribution >= 4 is 17.2 Å². The van der Waals surface area contributed by atoms with Crippen molar-refractivity contribution in [3.63, 3.8) is 0 Å². The number of aliphatic hydroxyl groups is 1. The van der Waals surface area contributed by atoms with Crippen LogP contribution in [0, 0.1) is 6.92 Å². The van der Waals surface area contributed by atoms with Crippen molar-refractivity contribution in [2.45, 2.75) is 19.4 Å². The second-order valence-electron chi connectivity index (χ2n) is 2.84. The van der Waals surface area contributed by atoms with Crippen LogP contribution in [0.4, 0.5) is 0 Å². The second kappa shape index (κ2) is 3.41. The summed E-state index contributed by atoms with van der Waals surface area (Å²) in [6.45, 7) is 3.14. The molecule has 6 heteroatoms. The number of aromatic nitrogens is 1. The van der Waals surface area contributed by atoms with Crippen LogP contribution in [0.15, 0.2) is 5.38 Å². The molecule has 1 heterocycles. The quantitative estimate of drug-likeness (QED) is 0.346. The lowest BCUT2D eigenvalue weighted by atomic mass is 10.1. The fourth-order valence-electron chi connectivity index (χ4n) is 0.815. The minimum absolute atomic E-state index is 0.341. The first-order valence-corrected chi connectivity index (χ1v) is 4.52. The zero-order chi connectivity index (χ0) is 10.1. The van der Waals surface area contributed by atoms with E-state index in [9.17, 15) is 9.90 Å². The van der Waals surface area contributed by atoms with Gasteiger partial charge in [0.1, 0.15) is 5.01 Å². The molecule has 0 saturated carbocycles. The van der Waals surface area contributed by atoms with E-state index < -0.39 is 11.5 Å². The molecule has 1 atom stereocenters. The maximum atomic E-state index is 11.1. The van der Waals surface area contributed by atoms with Gasteiger partial charge >= 0.3 is 0 Å². The normalized spacial score (nSPS) is 15.1. The number of nitrogens with two attached hydrogens (primary N) is 1. The number of carbonyl (C=O) groups is 1. The standard InChI is InChI=1S/C7H11N3O2S/c1-4-3-13-6(9-4)7(2,12)5(11)10-8/h3,12H,8H2,1-2H3,(H,10,11). The Labute approximate surface area is 79.6 Å². The Bertz CT molecular complexity index is 321. The van der Waals surface area contributed by atoms with E-state index in [1.165, 1.54) is 18.3 Å². The molecule has 0 fully saturated rings. The van der Waals surface area contributed by atoms with Gasteiger partial charge in [0.05, 0.1) is 0 Å². The topological polar surface area (TPSA) is 88.2 Å². The molecule has 0 saturated heterocycles. The first-order chi connectivity index (χ1) is 5.98. The average Bonchev–Trinajstić information content (AvgIpc) is 2.50. The summed E-state index contributed by atoms with van der Waals surface area (Å²) >= 11 is 1.22. The van der Waals surface area contributed by atoms with Gasteiger partial charge in [-0.25, -0.2) is 10.8 Å². The van der Waals surface area contributed by atoms with Gasteiger partial charge in [-0.05, 0) is 13.8 Å². The highest BCUT2D eigenvalue weighted by molar-refractivity contribution is 7.10. The zero-order valence-corrected chi connectivity index (χ0v) is 8.18. The molecule has 72 valence electrons. The number of hydrogen-bond donors (Lipinski definition) is 3. The number of aryl methyl sites for hydroxylation is 1. The molecule has 1 amide bonds. The Morgan fingerprint density at radius 1 is 1.85 bits per heavy atom. The molecular formula is C7H11N3O2S. The van der Waals surface area contributed by atoms with Gasteiger partial charge in [-0.1, -0.05) is 0 Å². The van der Waals surface area contributed by atoms with Gasteiger partial charge in [0.15, 0.2) is 5.60 Å². The van der Waals surface area contributed by atoms with Crippen LogP contribution in [0.25, 0.3) is 0 Å². The van der Waals surface area contributed by atoms with Crippen LogP contribution >= 0.6 is 11.3 Å². The van der Waals surface area contributed by atoms with Crippen LogP contribution in [-0.2, 0) is 10.4 Å². The third-order valence-electron chi connectivity index (χ3n) is 1.61. The van der Waals surface area contributed by atoms with Crippen molar-refractivity contribution in [2.75, 3.05) is 0 Å². The summed E-state index contributed by atoms with van der Waals surface area (Å²) in [6, 6.07) is 0. The van der Waals surface area contributed by atoms with Crippen molar-refractivity contribution < 1.29 is 9.90 Å². The van der Waals surface area contributed by atoms with Crippen LogP contribution in [-0.4, -0.2) is 16.0 Å². The minimum Gasteiger partial charge on any atom is -0.374 e. The molecule has 4 N–H and O–H groups in total. The highest BCUT2D eigenvalue weighted by Crippen LogP contribution is 2.23. The lowest BCUT2D eigenvalue weighted by Gasteiger charge is -2.17. The van der Waals surface area contributed by atoms with Crippen LogP contribution in [0.3, 0.4) is 0 Å². The van der Waals surface area contributed by atoms with Crippen LogP contribution in [0.5, 0.6) is 0 Å². The highest BCUT2D eigenvalue weighted by Gasteiger charge is 2.34. The molecule has 0 aliphatic heterocycles. The minimum atomic E-state index is -1.65. The molecule has 1 rings (SSSR count). The van der Waals surface area contributed by atoms with Gasteiger partial charge in [-0.15, -0.1) is 11.3 Å². The fraction of sp³-hybridized carbons (Fsp3) is 0.429. The largest absolute Gasteiger partial charge is 0.374 e. The average molecular weight is 201 g/mol. The predicted molar refractivity (Wildman–Crippen MR) is 48.8 cm³/mol. The summed E-state index contributed by atoms with van der Waals surface area (Å²) in [5, 5.41) is 11.8. The van der Waals surface area contributed by atoms with Gasteiger partial charge in [0, 0.05) is 11.1 Å². The molecule has 5 nitrogen and oxygen atoms in total. The Morgan fingerprint density at radius 3 is 2.85 bits per heavy atom. The van der Waals surface area contributed by atoms with Crippen molar-refractivity contribution in [1.82, 2.24) is 10.4 Å². The van der Waals surface area contributed by atoms with E-state index in [4.69, 9.17) is 5.84 Å². The molecule has 0 aliphatic rings. The molecule has 13 heavy (non-hydrogen) atoms. The Balaban J connectivity index is 2.99. The van der Waals surface area contributed by atoms with Gasteiger partial charge in [-0.3, -0.25) is 10.2 Å². The summed E-state index contributed by atoms with van der Waals surface area (Å²) in [4.78, 5) is 15.1. The van der Waals surface area contributed by atoms with E-state index >= 15 is 0 Å². The zero-order valence-electron chi connectivity index (χ0n) is 7.37. The lowest BCUT2D eigenvalue weighted by molar-refractivity contribution is -0.139. The van der Waals surface area contributed by atoms with E-state index in [2.05, 4.69) is 4.98 Å². The first-order valence-electron chi connectivity index (χ1n) is 3.64. The number of carbonyl (C=O) groups excluding carboxylic acids is 1. The molecule has 0 bridgehead atoms. The summed E-state index contributed by atoms with van der Waals surface area (Å²) in [5.41, 5.74) is 1.01. The smallest absolute Gasteiger partial charge is 0.272 e. The maximum Gasteiger partial charge on any atom is 0.272 e. The Kier molecular flexibility index (Phi) is 2.65. The van der Waals surface area contributed by atoms with Crippen LogP contribution in [0.1, 0.15) is 17.6 Å². The summed E-state index contributed by atoms with van der Waals surface area (Å²) in [5.74, 6) is 4.25. The Hall–Kier alpha value is -0.980. The lowest BCUT2D eigenvalue weighted by Crippen LogP contribution is -2.45. The number of nitrogens with zero attached hydrogens (tertiary/aromatic N) is 1. The van der Waals surface area contributed by atoms with Gasteiger partial charge in [-0.2, -0.15) is 0 Å². The van der Waals surface area contributed by atoms with Crippen molar-refractivity contribution in [2.24, 2.45) is 5.84 Å². The molecule has 0 spiro atoms. The number of amides is 1. The van der Waals surface area contributed by atoms with Gasteiger partial charge in [0.2, 0.25) is 0 Å². The number of hydrazine groups is 1. The highest BCUT2D eigenvalue weighted by atomic mass is 32.1. The summed E-state index contributed by atoms with van der Waals surface area (Å²) in [7, 11) is 0. The second-order valence-corrected chi connectivity index (χ2v) is 3.70. The SMILES string of the molecule is Cc1csc(C(C)(O)C(=O)NN)n1. The van der Waals surface area contributed by atoms with Crippen molar-refractivity contribution in [1.29, 1.82) is 0 Å². The van der Waals surface area contributed by atoms with Crippen LogP contribution in [0.2, 0.25) is 0 Å². The number of thiazole rings is 1. The first kappa shape index (κ1) is 10.1. The van der Waals surface area contributed by atoms with E-state index in [1.54, 1.807) is 12.3 Å². The molecule has 1 aromatic heterocycles. The molecule has 0 aromatic carbocycles. The predicted octanol–water partition coefficient (Wildman–Crippen LogP) is -0.351. The monoisotopic (exact) mass is 201 g/mol. The van der Waals surface area contributed by atoms with E-state index in [-0.39, 0.29) is 0 Å². The third-order valence-corrected chi connectivity index (χ3v) is 2.78. The van der Waals surface area contributed by atoms with Gasteiger partial charge < -0.3 is 5.11 Å².